The van der Waals surface area contributed by atoms with Gasteiger partial charge in [-0.3, -0.25) is 0 Å². The summed E-state index contributed by atoms with van der Waals surface area (Å²) in [6.07, 6.45) is 1.24. The Morgan fingerprint density at radius 1 is 1.31 bits per heavy atom. The molecule has 0 bridgehead atoms. The predicted molar refractivity (Wildman–Crippen MR) is 72.2 cm³/mol. The van der Waals surface area contributed by atoms with Crippen LogP contribution in [0.2, 0.25) is 0 Å². The van der Waals surface area contributed by atoms with Crippen LogP contribution in [0.3, 0.4) is 0 Å². The quantitative estimate of drug-likeness (QED) is 0.822. The smallest absolute Gasteiger partial charge is 0.0969 e. The number of hydrogen-bond acceptors (Lipinski definition) is 3. The molecule has 1 N–H and O–H groups in total. The summed E-state index contributed by atoms with van der Waals surface area (Å²) in [7, 11) is 0. The van der Waals surface area contributed by atoms with Gasteiger partial charge in [0.2, 0.25) is 0 Å². The molecule has 2 unspecified atom stereocenters. The maximum atomic E-state index is 4.53. The summed E-state index contributed by atoms with van der Waals surface area (Å²) in [5.41, 5.74) is 1.14. The van der Waals surface area contributed by atoms with Crippen LogP contribution in [0.25, 0.3) is 0 Å². The Kier molecular flexibility index (Phi) is 5.42. The van der Waals surface area contributed by atoms with E-state index in [9.17, 15) is 0 Å². The summed E-state index contributed by atoms with van der Waals surface area (Å²) in [5, 5.41) is 6.97. The Hall–Kier alpha value is -0.410. The fourth-order valence-corrected chi connectivity index (χ4v) is 2.71. The molecule has 0 aromatic carbocycles. The van der Waals surface area contributed by atoms with Gasteiger partial charge in [0, 0.05) is 29.6 Å². The highest BCUT2D eigenvalue weighted by Gasteiger charge is 2.11. The van der Waals surface area contributed by atoms with E-state index in [-0.39, 0.29) is 0 Å². The van der Waals surface area contributed by atoms with E-state index in [4.69, 9.17) is 0 Å². The second kappa shape index (κ2) is 6.36. The van der Waals surface area contributed by atoms with Gasteiger partial charge in [-0.15, -0.1) is 11.3 Å². The highest BCUT2D eigenvalue weighted by Crippen LogP contribution is 2.19. The van der Waals surface area contributed by atoms with E-state index < -0.39 is 0 Å². The summed E-state index contributed by atoms with van der Waals surface area (Å²) in [4.78, 5) is 4.53. The molecule has 0 spiro atoms. The zero-order valence-electron chi connectivity index (χ0n) is 11.1. The van der Waals surface area contributed by atoms with Crippen molar-refractivity contribution in [3.8, 4) is 0 Å². The van der Waals surface area contributed by atoms with Gasteiger partial charge in [-0.2, -0.15) is 0 Å². The minimum atomic E-state index is 0.522. The molecule has 1 rings (SSSR count). The van der Waals surface area contributed by atoms with Crippen LogP contribution in [-0.4, -0.2) is 17.6 Å². The number of nitrogens with zero attached hydrogens (tertiary/aromatic N) is 1. The Balaban J connectivity index is 2.32. The van der Waals surface area contributed by atoms with Crippen LogP contribution in [0, 0.1) is 12.8 Å². The summed E-state index contributed by atoms with van der Waals surface area (Å²) in [6.45, 7) is 12.1. The third-order valence-corrected chi connectivity index (χ3v) is 3.85. The first-order chi connectivity index (χ1) is 7.49. The van der Waals surface area contributed by atoms with E-state index in [1.54, 1.807) is 11.3 Å². The third kappa shape index (κ3) is 4.62. The second-order valence-corrected chi connectivity index (χ2v) is 6.06. The molecule has 16 heavy (non-hydrogen) atoms. The van der Waals surface area contributed by atoms with Crippen molar-refractivity contribution in [3.63, 3.8) is 0 Å². The van der Waals surface area contributed by atoms with Crippen LogP contribution < -0.4 is 5.32 Å². The SMILES string of the molecule is Cc1csc(C(C)CNC(C)CC(C)C)n1. The Morgan fingerprint density at radius 2 is 2.00 bits per heavy atom. The van der Waals surface area contributed by atoms with Gasteiger partial charge in [0.1, 0.15) is 0 Å². The molecule has 1 aromatic heterocycles. The fourth-order valence-electron chi connectivity index (χ4n) is 1.85. The first kappa shape index (κ1) is 13.7. The summed E-state index contributed by atoms with van der Waals surface area (Å²) < 4.78 is 0. The number of aryl methyl sites for hydroxylation is 1. The first-order valence-electron chi connectivity index (χ1n) is 6.14. The van der Waals surface area contributed by atoms with Gasteiger partial charge in [-0.1, -0.05) is 20.8 Å². The zero-order chi connectivity index (χ0) is 12.1. The van der Waals surface area contributed by atoms with Crippen LogP contribution >= 0.6 is 11.3 Å². The Bertz CT molecular complexity index is 307. The van der Waals surface area contributed by atoms with E-state index >= 15 is 0 Å². The third-order valence-electron chi connectivity index (χ3n) is 2.66. The van der Waals surface area contributed by atoms with E-state index in [2.05, 4.69) is 50.3 Å². The maximum Gasteiger partial charge on any atom is 0.0969 e. The van der Waals surface area contributed by atoms with Crippen molar-refractivity contribution in [2.45, 2.75) is 53.0 Å². The molecule has 1 heterocycles. The van der Waals surface area contributed by atoms with Crippen molar-refractivity contribution in [2.24, 2.45) is 5.92 Å². The van der Waals surface area contributed by atoms with Gasteiger partial charge >= 0.3 is 0 Å². The minimum Gasteiger partial charge on any atom is -0.314 e. The van der Waals surface area contributed by atoms with E-state index in [0.29, 0.717) is 12.0 Å². The molecule has 0 saturated carbocycles. The highest BCUT2D eigenvalue weighted by atomic mass is 32.1. The van der Waals surface area contributed by atoms with Crippen LogP contribution in [0.1, 0.15) is 50.7 Å². The summed E-state index contributed by atoms with van der Waals surface area (Å²) >= 11 is 1.77. The number of thiazole rings is 1. The fraction of sp³-hybridized carbons (Fsp3) is 0.769. The van der Waals surface area contributed by atoms with Gasteiger partial charge < -0.3 is 5.32 Å². The van der Waals surface area contributed by atoms with Gasteiger partial charge in [-0.05, 0) is 26.2 Å². The van der Waals surface area contributed by atoms with Crippen molar-refractivity contribution in [1.29, 1.82) is 0 Å². The number of aromatic nitrogens is 1. The average molecular weight is 240 g/mol. The largest absolute Gasteiger partial charge is 0.314 e. The van der Waals surface area contributed by atoms with Crippen LogP contribution in [-0.2, 0) is 0 Å². The second-order valence-electron chi connectivity index (χ2n) is 5.17. The molecule has 0 amide bonds. The summed E-state index contributed by atoms with van der Waals surface area (Å²) in [6, 6.07) is 0.600. The molecule has 3 heteroatoms. The topological polar surface area (TPSA) is 24.9 Å². The first-order valence-corrected chi connectivity index (χ1v) is 7.02. The van der Waals surface area contributed by atoms with Gasteiger partial charge in [0.25, 0.3) is 0 Å². The maximum absolute atomic E-state index is 4.53. The molecule has 0 aliphatic carbocycles. The zero-order valence-corrected chi connectivity index (χ0v) is 11.9. The summed E-state index contributed by atoms with van der Waals surface area (Å²) in [5.74, 6) is 1.29. The predicted octanol–water partition coefficient (Wildman–Crippen LogP) is 3.58. The monoisotopic (exact) mass is 240 g/mol. The molecule has 1 aromatic rings. The van der Waals surface area contributed by atoms with Crippen LogP contribution in [0.5, 0.6) is 0 Å². The van der Waals surface area contributed by atoms with Gasteiger partial charge in [0.05, 0.1) is 5.01 Å². The molecule has 2 atom stereocenters. The average Bonchev–Trinajstić information content (AvgIpc) is 2.60. The molecule has 0 radical (unpaired) electrons. The lowest BCUT2D eigenvalue weighted by atomic mass is 10.0. The van der Waals surface area contributed by atoms with E-state index in [1.165, 1.54) is 11.4 Å². The molecule has 92 valence electrons. The standard InChI is InChI=1S/C13H24N2S/c1-9(2)6-11(4)14-7-10(3)13-15-12(5)8-16-13/h8-11,14H,6-7H2,1-5H3. The number of hydrogen-bond donors (Lipinski definition) is 1. The lowest BCUT2D eigenvalue weighted by Crippen LogP contribution is -2.30. The molecular formula is C13H24N2S. The van der Waals surface area contributed by atoms with Gasteiger partial charge in [0.15, 0.2) is 0 Å². The van der Waals surface area contributed by atoms with Crippen molar-refractivity contribution in [3.05, 3.63) is 16.1 Å². The lowest BCUT2D eigenvalue weighted by Gasteiger charge is -2.18. The Morgan fingerprint density at radius 3 is 2.50 bits per heavy atom. The van der Waals surface area contributed by atoms with Crippen molar-refractivity contribution >= 4 is 11.3 Å². The minimum absolute atomic E-state index is 0.522. The van der Waals surface area contributed by atoms with Crippen molar-refractivity contribution < 1.29 is 0 Å². The van der Waals surface area contributed by atoms with E-state index in [0.717, 1.165) is 18.2 Å². The molecular weight excluding hydrogens is 216 g/mol. The Labute approximate surface area is 103 Å². The van der Waals surface area contributed by atoms with Crippen molar-refractivity contribution in [2.75, 3.05) is 6.54 Å². The normalized spacial score (nSPS) is 15.4. The van der Waals surface area contributed by atoms with Crippen LogP contribution in [0.15, 0.2) is 5.38 Å². The molecule has 0 aliphatic heterocycles. The van der Waals surface area contributed by atoms with Crippen molar-refractivity contribution in [1.82, 2.24) is 10.3 Å². The molecule has 0 fully saturated rings. The number of nitrogens with one attached hydrogen (secondary N) is 1. The van der Waals surface area contributed by atoms with E-state index in [1.807, 2.05) is 0 Å². The molecule has 2 nitrogen and oxygen atoms in total. The highest BCUT2D eigenvalue weighted by molar-refractivity contribution is 7.09. The molecule has 0 saturated heterocycles. The number of rotatable bonds is 6. The lowest BCUT2D eigenvalue weighted by molar-refractivity contribution is 0.432. The molecule has 0 aliphatic rings. The van der Waals surface area contributed by atoms with Crippen LogP contribution in [0.4, 0.5) is 0 Å². The van der Waals surface area contributed by atoms with Gasteiger partial charge in [-0.25, -0.2) is 4.98 Å².